The van der Waals surface area contributed by atoms with E-state index in [1.807, 2.05) is 44.2 Å². The molecule has 0 radical (unpaired) electrons. The Labute approximate surface area is 129 Å². The fourth-order valence-corrected chi connectivity index (χ4v) is 2.29. The maximum Gasteiger partial charge on any atom is 0.258 e. The van der Waals surface area contributed by atoms with Gasteiger partial charge in [0.2, 0.25) is 0 Å². The number of pyridine rings is 1. The SMILES string of the molecule is Cc1ccc2nc(COc3ccc(C)c(C)c3)cc(=O)n2c1. The van der Waals surface area contributed by atoms with Crippen LogP contribution >= 0.6 is 0 Å². The first-order valence-electron chi connectivity index (χ1n) is 7.22. The number of hydrogen-bond donors (Lipinski definition) is 0. The molecule has 0 atom stereocenters. The van der Waals surface area contributed by atoms with Crippen LogP contribution in [0.2, 0.25) is 0 Å². The Morgan fingerprint density at radius 2 is 1.86 bits per heavy atom. The molecule has 0 aliphatic carbocycles. The van der Waals surface area contributed by atoms with Crippen LogP contribution in [0.3, 0.4) is 0 Å². The molecule has 4 nitrogen and oxygen atoms in total. The molecule has 0 bridgehead atoms. The van der Waals surface area contributed by atoms with Gasteiger partial charge in [-0.15, -0.1) is 0 Å². The van der Waals surface area contributed by atoms with Crippen molar-refractivity contribution in [1.82, 2.24) is 9.38 Å². The van der Waals surface area contributed by atoms with E-state index in [1.54, 1.807) is 10.6 Å². The summed E-state index contributed by atoms with van der Waals surface area (Å²) < 4.78 is 7.30. The van der Waals surface area contributed by atoms with Gasteiger partial charge in [-0.25, -0.2) is 4.98 Å². The van der Waals surface area contributed by atoms with Crippen molar-refractivity contribution >= 4 is 5.65 Å². The van der Waals surface area contributed by atoms with E-state index in [9.17, 15) is 4.79 Å². The Bertz CT molecular complexity index is 897. The highest BCUT2D eigenvalue weighted by Crippen LogP contribution is 2.17. The molecule has 3 aromatic rings. The fraction of sp³-hybridized carbons (Fsp3) is 0.222. The number of benzene rings is 1. The molecule has 0 fully saturated rings. The summed E-state index contributed by atoms with van der Waals surface area (Å²) in [6.45, 7) is 6.34. The molecule has 1 aromatic carbocycles. The Morgan fingerprint density at radius 1 is 1.05 bits per heavy atom. The van der Waals surface area contributed by atoms with Crippen LogP contribution in [0.1, 0.15) is 22.4 Å². The summed E-state index contributed by atoms with van der Waals surface area (Å²) in [6.07, 6.45) is 1.79. The van der Waals surface area contributed by atoms with E-state index in [1.165, 1.54) is 17.2 Å². The molecule has 2 heterocycles. The molecular weight excluding hydrogens is 276 g/mol. The number of fused-ring (bicyclic) bond motifs is 1. The number of hydrogen-bond acceptors (Lipinski definition) is 3. The summed E-state index contributed by atoms with van der Waals surface area (Å²) in [5.74, 6) is 0.786. The average Bonchev–Trinajstić information content (AvgIpc) is 2.49. The quantitative estimate of drug-likeness (QED) is 0.745. The first-order chi connectivity index (χ1) is 10.5. The van der Waals surface area contributed by atoms with Crippen molar-refractivity contribution in [2.45, 2.75) is 27.4 Å². The lowest BCUT2D eigenvalue weighted by molar-refractivity contribution is 0.301. The minimum absolute atomic E-state index is 0.0904. The number of rotatable bonds is 3. The second-order valence-corrected chi connectivity index (χ2v) is 5.56. The molecule has 0 aliphatic rings. The third-order valence-electron chi connectivity index (χ3n) is 3.73. The summed E-state index contributed by atoms with van der Waals surface area (Å²) >= 11 is 0. The minimum atomic E-state index is -0.0904. The van der Waals surface area contributed by atoms with Crippen LogP contribution in [0.15, 0.2) is 47.4 Å². The van der Waals surface area contributed by atoms with Crippen LogP contribution in [-0.4, -0.2) is 9.38 Å². The molecule has 0 saturated heterocycles. The number of nitrogens with zero attached hydrogens (tertiary/aromatic N) is 2. The molecule has 4 heteroatoms. The normalized spacial score (nSPS) is 10.9. The molecule has 0 saturated carbocycles. The molecule has 112 valence electrons. The average molecular weight is 294 g/mol. The Balaban J connectivity index is 1.86. The fourth-order valence-electron chi connectivity index (χ4n) is 2.29. The highest BCUT2D eigenvalue weighted by molar-refractivity contribution is 5.40. The van der Waals surface area contributed by atoms with E-state index < -0.39 is 0 Å². The number of aryl methyl sites for hydroxylation is 3. The molecule has 0 N–H and O–H groups in total. The summed E-state index contributed by atoms with van der Waals surface area (Å²) in [5.41, 5.74) is 4.61. The van der Waals surface area contributed by atoms with Crippen LogP contribution in [0, 0.1) is 20.8 Å². The van der Waals surface area contributed by atoms with E-state index in [2.05, 4.69) is 11.9 Å². The van der Waals surface area contributed by atoms with Gasteiger partial charge in [0.25, 0.3) is 5.56 Å². The maximum absolute atomic E-state index is 12.1. The van der Waals surface area contributed by atoms with Gasteiger partial charge in [-0.05, 0) is 55.7 Å². The van der Waals surface area contributed by atoms with Crippen LogP contribution in [0.25, 0.3) is 5.65 Å². The van der Waals surface area contributed by atoms with Crippen molar-refractivity contribution < 1.29 is 4.74 Å². The molecule has 3 rings (SSSR count). The second-order valence-electron chi connectivity index (χ2n) is 5.56. The summed E-state index contributed by atoms with van der Waals surface area (Å²) in [7, 11) is 0. The van der Waals surface area contributed by atoms with Crippen molar-refractivity contribution in [3.8, 4) is 5.75 Å². The van der Waals surface area contributed by atoms with Crippen molar-refractivity contribution in [1.29, 1.82) is 0 Å². The zero-order valence-corrected chi connectivity index (χ0v) is 13.0. The molecule has 2 aromatic heterocycles. The minimum Gasteiger partial charge on any atom is -0.487 e. The van der Waals surface area contributed by atoms with E-state index in [0.717, 1.165) is 11.3 Å². The highest BCUT2D eigenvalue weighted by atomic mass is 16.5. The topological polar surface area (TPSA) is 43.6 Å². The van der Waals surface area contributed by atoms with Crippen molar-refractivity contribution in [3.05, 3.63) is 75.3 Å². The monoisotopic (exact) mass is 294 g/mol. The summed E-state index contributed by atoms with van der Waals surface area (Å²) in [5, 5.41) is 0. The first kappa shape index (κ1) is 14.3. The number of aromatic nitrogens is 2. The van der Waals surface area contributed by atoms with Gasteiger partial charge in [-0.2, -0.15) is 0 Å². The lowest BCUT2D eigenvalue weighted by Gasteiger charge is -2.09. The van der Waals surface area contributed by atoms with Gasteiger partial charge in [-0.1, -0.05) is 12.1 Å². The van der Waals surface area contributed by atoms with Gasteiger partial charge in [0.15, 0.2) is 0 Å². The third kappa shape index (κ3) is 2.86. The zero-order valence-electron chi connectivity index (χ0n) is 13.0. The first-order valence-corrected chi connectivity index (χ1v) is 7.22. The van der Waals surface area contributed by atoms with Crippen LogP contribution < -0.4 is 10.3 Å². The molecule has 0 spiro atoms. The van der Waals surface area contributed by atoms with E-state index in [4.69, 9.17) is 4.74 Å². The highest BCUT2D eigenvalue weighted by Gasteiger charge is 2.04. The van der Waals surface area contributed by atoms with Gasteiger partial charge in [0, 0.05) is 12.3 Å². The number of ether oxygens (including phenoxy) is 1. The maximum atomic E-state index is 12.1. The third-order valence-corrected chi connectivity index (χ3v) is 3.73. The van der Waals surface area contributed by atoms with Gasteiger partial charge < -0.3 is 4.74 Å². The Kier molecular flexibility index (Phi) is 3.67. The predicted octanol–water partition coefficient (Wildman–Crippen LogP) is 3.20. The van der Waals surface area contributed by atoms with Gasteiger partial charge in [0.1, 0.15) is 18.0 Å². The molecule has 0 amide bonds. The van der Waals surface area contributed by atoms with Gasteiger partial charge >= 0.3 is 0 Å². The summed E-state index contributed by atoms with van der Waals surface area (Å²) in [4.78, 5) is 16.6. The molecule has 22 heavy (non-hydrogen) atoms. The smallest absolute Gasteiger partial charge is 0.258 e. The van der Waals surface area contributed by atoms with Crippen molar-refractivity contribution in [2.24, 2.45) is 0 Å². The van der Waals surface area contributed by atoms with Crippen LogP contribution in [0.4, 0.5) is 0 Å². The van der Waals surface area contributed by atoms with E-state index in [0.29, 0.717) is 11.3 Å². The molecule has 0 aliphatic heterocycles. The lowest BCUT2D eigenvalue weighted by atomic mass is 10.1. The summed E-state index contributed by atoms with van der Waals surface area (Å²) in [6, 6.07) is 11.3. The largest absolute Gasteiger partial charge is 0.487 e. The van der Waals surface area contributed by atoms with Gasteiger partial charge in [0.05, 0.1) is 5.69 Å². The van der Waals surface area contributed by atoms with Crippen molar-refractivity contribution in [2.75, 3.05) is 0 Å². The Morgan fingerprint density at radius 3 is 2.64 bits per heavy atom. The van der Waals surface area contributed by atoms with E-state index >= 15 is 0 Å². The second kappa shape index (κ2) is 5.64. The van der Waals surface area contributed by atoms with Crippen LogP contribution in [-0.2, 0) is 6.61 Å². The standard InChI is InChI=1S/C18H18N2O2/c1-12-4-7-17-19-15(9-18(21)20(17)10-12)11-22-16-6-5-13(2)14(3)8-16/h4-10H,11H2,1-3H3. The lowest BCUT2D eigenvalue weighted by Crippen LogP contribution is -2.16. The van der Waals surface area contributed by atoms with Crippen LogP contribution in [0.5, 0.6) is 5.75 Å². The Hall–Kier alpha value is -2.62. The predicted molar refractivity (Wildman–Crippen MR) is 86.4 cm³/mol. The van der Waals surface area contributed by atoms with Crippen molar-refractivity contribution in [3.63, 3.8) is 0 Å². The zero-order chi connectivity index (χ0) is 15.7. The molecular formula is C18H18N2O2. The molecule has 0 unspecified atom stereocenters. The van der Waals surface area contributed by atoms with E-state index in [-0.39, 0.29) is 12.2 Å². The van der Waals surface area contributed by atoms with Gasteiger partial charge in [-0.3, -0.25) is 9.20 Å².